The number of carbonyl (C=O) groups is 1. The van der Waals surface area contributed by atoms with Crippen LogP contribution >= 0.6 is 0 Å². The fourth-order valence-electron chi connectivity index (χ4n) is 1.96. The molecule has 0 unspecified atom stereocenters. The molecule has 0 bridgehead atoms. The van der Waals surface area contributed by atoms with Gasteiger partial charge in [0.05, 0.1) is 6.61 Å². The number of carbonyl (C=O) groups excluding carboxylic acids is 1. The van der Waals surface area contributed by atoms with Gasteiger partial charge in [-0.25, -0.2) is 4.98 Å². The summed E-state index contributed by atoms with van der Waals surface area (Å²) in [4.78, 5) is 29.8. The molecule has 0 aliphatic heterocycles. The smallest absolute Gasteiger partial charge is 0.325 e. The normalized spacial score (nSPS) is 10.3. The lowest BCUT2D eigenvalue weighted by molar-refractivity contribution is -0.141. The van der Waals surface area contributed by atoms with Crippen molar-refractivity contribution >= 4 is 11.8 Å². The van der Waals surface area contributed by atoms with E-state index < -0.39 is 0 Å². The summed E-state index contributed by atoms with van der Waals surface area (Å²) in [7, 11) is 0. The number of nitrogens with zero attached hydrogens (tertiary/aromatic N) is 3. The number of hydrogen-bond donors (Lipinski definition) is 0. The zero-order chi connectivity index (χ0) is 15.0. The highest BCUT2D eigenvalue weighted by Gasteiger charge is 2.16. The van der Waals surface area contributed by atoms with Crippen molar-refractivity contribution in [1.82, 2.24) is 9.55 Å². The second-order valence-corrected chi connectivity index (χ2v) is 4.48. The summed E-state index contributed by atoms with van der Waals surface area (Å²) in [5.41, 5.74) is -0.160. The van der Waals surface area contributed by atoms with Gasteiger partial charge in [-0.1, -0.05) is 13.8 Å². The molecule has 0 amide bonds. The maximum atomic E-state index is 12.3. The van der Waals surface area contributed by atoms with Gasteiger partial charge in [0.2, 0.25) is 0 Å². The van der Waals surface area contributed by atoms with Crippen LogP contribution in [0.25, 0.3) is 0 Å². The molecule has 0 N–H and O–H groups in total. The van der Waals surface area contributed by atoms with Gasteiger partial charge in [0.25, 0.3) is 5.56 Å². The summed E-state index contributed by atoms with van der Waals surface area (Å²) in [5, 5.41) is 0. The van der Waals surface area contributed by atoms with Crippen LogP contribution in [-0.4, -0.2) is 35.2 Å². The number of aromatic nitrogens is 2. The Morgan fingerprint density at radius 1 is 1.35 bits per heavy atom. The van der Waals surface area contributed by atoms with Crippen molar-refractivity contribution in [2.24, 2.45) is 0 Å². The molecule has 0 aromatic carbocycles. The van der Waals surface area contributed by atoms with Crippen LogP contribution in [-0.2, 0) is 16.1 Å². The average Bonchev–Trinajstić information content (AvgIpc) is 2.41. The van der Waals surface area contributed by atoms with E-state index in [4.69, 9.17) is 4.74 Å². The van der Waals surface area contributed by atoms with Crippen molar-refractivity contribution in [3.8, 4) is 0 Å². The average molecular weight is 281 g/mol. The zero-order valence-electron chi connectivity index (χ0n) is 12.5. The lowest BCUT2D eigenvalue weighted by atomic mass is 10.3. The molecule has 0 atom stereocenters. The molecule has 0 spiro atoms. The van der Waals surface area contributed by atoms with Crippen LogP contribution < -0.4 is 10.5 Å². The Hall–Kier alpha value is -1.85. The molecule has 0 aliphatic rings. The van der Waals surface area contributed by atoms with Crippen molar-refractivity contribution in [3.05, 3.63) is 22.7 Å². The van der Waals surface area contributed by atoms with Gasteiger partial charge in [-0.2, -0.15) is 0 Å². The number of aryl methyl sites for hydroxylation is 1. The Bertz CT molecular complexity index is 485. The minimum atomic E-state index is -0.340. The number of anilines is 1. The van der Waals surface area contributed by atoms with E-state index in [0.29, 0.717) is 25.5 Å². The molecule has 0 saturated carbocycles. The molecule has 0 aliphatic carbocycles. The molecule has 1 aromatic heterocycles. The van der Waals surface area contributed by atoms with Crippen molar-refractivity contribution < 1.29 is 9.53 Å². The lowest BCUT2D eigenvalue weighted by Crippen LogP contribution is -2.38. The van der Waals surface area contributed by atoms with E-state index >= 15 is 0 Å². The van der Waals surface area contributed by atoms with E-state index in [1.807, 2.05) is 13.8 Å². The molecule has 1 aromatic rings. The quantitative estimate of drug-likeness (QED) is 0.675. The highest BCUT2D eigenvalue weighted by atomic mass is 16.5. The minimum Gasteiger partial charge on any atom is -0.465 e. The molecule has 0 fully saturated rings. The standard InChI is InChI=1S/C14H23N3O3/c1-4-8-16-10-7-15-13(14(16)19)17(9-5-2)11-12(18)20-6-3/h7,10H,4-6,8-9,11H2,1-3H3. The second-order valence-electron chi connectivity index (χ2n) is 4.48. The van der Waals surface area contributed by atoms with E-state index in [1.54, 1.807) is 28.8 Å². The van der Waals surface area contributed by atoms with Gasteiger partial charge in [-0.3, -0.25) is 9.59 Å². The Morgan fingerprint density at radius 3 is 2.70 bits per heavy atom. The van der Waals surface area contributed by atoms with Crippen LogP contribution in [0.4, 0.5) is 5.82 Å². The van der Waals surface area contributed by atoms with Crippen LogP contribution in [0, 0.1) is 0 Å². The summed E-state index contributed by atoms with van der Waals surface area (Å²) < 4.78 is 6.56. The van der Waals surface area contributed by atoms with Gasteiger partial charge < -0.3 is 14.2 Å². The molecule has 0 saturated heterocycles. The molecule has 1 rings (SSSR count). The predicted octanol–water partition coefficient (Wildman–Crippen LogP) is 1.43. The number of rotatable bonds is 8. The van der Waals surface area contributed by atoms with Crippen LogP contribution in [0.5, 0.6) is 0 Å². The SMILES string of the molecule is CCCN(CC(=O)OCC)c1nccn(CCC)c1=O. The Labute approximate surface area is 119 Å². The third-order valence-corrected chi connectivity index (χ3v) is 2.78. The van der Waals surface area contributed by atoms with Crippen LogP contribution in [0.1, 0.15) is 33.6 Å². The van der Waals surface area contributed by atoms with Crippen LogP contribution in [0.15, 0.2) is 17.2 Å². The third kappa shape index (κ3) is 4.36. The number of esters is 1. The highest BCUT2D eigenvalue weighted by Crippen LogP contribution is 2.05. The molecule has 6 nitrogen and oxygen atoms in total. The first-order valence-corrected chi connectivity index (χ1v) is 7.10. The van der Waals surface area contributed by atoms with Gasteiger partial charge in [0, 0.05) is 25.5 Å². The first kappa shape index (κ1) is 16.2. The van der Waals surface area contributed by atoms with Gasteiger partial charge in [-0.05, 0) is 19.8 Å². The molecule has 6 heteroatoms. The van der Waals surface area contributed by atoms with Gasteiger partial charge in [0.1, 0.15) is 6.54 Å². The van der Waals surface area contributed by atoms with E-state index in [-0.39, 0.29) is 18.1 Å². The van der Waals surface area contributed by atoms with E-state index in [0.717, 1.165) is 12.8 Å². The van der Waals surface area contributed by atoms with Gasteiger partial charge in [-0.15, -0.1) is 0 Å². The molecule has 20 heavy (non-hydrogen) atoms. The Kier molecular flexibility index (Phi) is 6.76. The summed E-state index contributed by atoms with van der Waals surface area (Å²) in [6, 6.07) is 0. The van der Waals surface area contributed by atoms with Crippen molar-refractivity contribution in [2.75, 3.05) is 24.6 Å². The first-order chi connectivity index (χ1) is 9.63. The summed E-state index contributed by atoms with van der Waals surface area (Å²) in [5.74, 6) is -0.0242. The summed E-state index contributed by atoms with van der Waals surface area (Å²) >= 11 is 0. The predicted molar refractivity (Wildman–Crippen MR) is 77.9 cm³/mol. The molecule has 0 radical (unpaired) electrons. The van der Waals surface area contributed by atoms with E-state index in [9.17, 15) is 9.59 Å². The highest BCUT2D eigenvalue weighted by molar-refractivity contribution is 5.75. The van der Waals surface area contributed by atoms with Crippen molar-refractivity contribution in [2.45, 2.75) is 40.2 Å². The maximum Gasteiger partial charge on any atom is 0.325 e. The zero-order valence-corrected chi connectivity index (χ0v) is 12.5. The third-order valence-electron chi connectivity index (χ3n) is 2.78. The molecule has 1 heterocycles. The topological polar surface area (TPSA) is 64.4 Å². The number of ether oxygens (including phenoxy) is 1. The van der Waals surface area contributed by atoms with Crippen LogP contribution in [0.2, 0.25) is 0 Å². The molecular formula is C14H23N3O3. The maximum absolute atomic E-state index is 12.3. The fourth-order valence-corrected chi connectivity index (χ4v) is 1.96. The summed E-state index contributed by atoms with van der Waals surface area (Å²) in [6.45, 7) is 7.39. The largest absolute Gasteiger partial charge is 0.465 e. The Balaban J connectivity index is 2.99. The summed E-state index contributed by atoms with van der Waals surface area (Å²) in [6.07, 6.45) is 4.96. The fraction of sp³-hybridized carbons (Fsp3) is 0.643. The molecular weight excluding hydrogens is 258 g/mol. The lowest BCUT2D eigenvalue weighted by Gasteiger charge is -2.21. The Morgan fingerprint density at radius 2 is 2.10 bits per heavy atom. The van der Waals surface area contributed by atoms with Crippen LogP contribution in [0.3, 0.4) is 0 Å². The molecule has 112 valence electrons. The van der Waals surface area contributed by atoms with Gasteiger partial charge >= 0.3 is 5.97 Å². The van der Waals surface area contributed by atoms with E-state index in [2.05, 4.69) is 4.98 Å². The second kappa shape index (κ2) is 8.35. The van der Waals surface area contributed by atoms with Crippen molar-refractivity contribution in [1.29, 1.82) is 0 Å². The number of hydrogen-bond acceptors (Lipinski definition) is 5. The van der Waals surface area contributed by atoms with Crippen molar-refractivity contribution in [3.63, 3.8) is 0 Å². The van der Waals surface area contributed by atoms with E-state index in [1.165, 1.54) is 0 Å². The first-order valence-electron chi connectivity index (χ1n) is 7.10. The van der Waals surface area contributed by atoms with Gasteiger partial charge in [0.15, 0.2) is 5.82 Å². The minimum absolute atomic E-state index is 0.0556. The monoisotopic (exact) mass is 281 g/mol.